The summed E-state index contributed by atoms with van der Waals surface area (Å²) in [6, 6.07) is 20.7. The van der Waals surface area contributed by atoms with Gasteiger partial charge in [-0.05, 0) is 47.9 Å². The van der Waals surface area contributed by atoms with Crippen LogP contribution in [-0.4, -0.2) is 23.6 Å². The summed E-state index contributed by atoms with van der Waals surface area (Å²) in [5.41, 5.74) is 1.68. The SMILES string of the molecule is CC(NC(=O)COc1cccc([C@H](C)C(=O)O)c1)c1cccc2ccccc12. The molecule has 3 aromatic rings. The van der Waals surface area contributed by atoms with Gasteiger partial charge in [-0.1, -0.05) is 54.6 Å². The maximum atomic E-state index is 12.3. The van der Waals surface area contributed by atoms with Crippen molar-refractivity contribution < 1.29 is 19.4 Å². The van der Waals surface area contributed by atoms with E-state index in [9.17, 15) is 9.59 Å². The largest absolute Gasteiger partial charge is 0.484 e. The van der Waals surface area contributed by atoms with E-state index in [2.05, 4.69) is 5.32 Å². The molecular formula is C23H23NO4. The molecule has 5 heteroatoms. The highest BCUT2D eigenvalue weighted by molar-refractivity contribution is 5.87. The van der Waals surface area contributed by atoms with Gasteiger partial charge in [-0.2, -0.15) is 0 Å². The summed E-state index contributed by atoms with van der Waals surface area (Å²) in [5.74, 6) is -1.31. The molecule has 0 aliphatic heterocycles. The van der Waals surface area contributed by atoms with Crippen LogP contribution in [0.1, 0.15) is 36.9 Å². The number of amides is 1. The molecule has 0 bridgehead atoms. The number of aliphatic carboxylic acids is 1. The topological polar surface area (TPSA) is 75.6 Å². The van der Waals surface area contributed by atoms with Crippen molar-refractivity contribution in [2.45, 2.75) is 25.8 Å². The molecule has 3 aromatic carbocycles. The van der Waals surface area contributed by atoms with Gasteiger partial charge in [-0.15, -0.1) is 0 Å². The Bertz CT molecular complexity index is 993. The number of carboxylic acids is 1. The molecule has 3 rings (SSSR count). The summed E-state index contributed by atoms with van der Waals surface area (Å²) in [6.45, 7) is 3.41. The zero-order valence-corrected chi connectivity index (χ0v) is 15.9. The van der Waals surface area contributed by atoms with Gasteiger partial charge in [0.15, 0.2) is 6.61 Å². The molecule has 2 atom stereocenters. The number of benzene rings is 3. The van der Waals surface area contributed by atoms with Crippen LogP contribution in [0.25, 0.3) is 10.8 Å². The number of carbonyl (C=O) groups excluding carboxylic acids is 1. The Hall–Kier alpha value is -3.34. The lowest BCUT2D eigenvalue weighted by Crippen LogP contribution is -2.31. The predicted molar refractivity (Wildman–Crippen MR) is 108 cm³/mol. The van der Waals surface area contributed by atoms with Gasteiger partial charge in [0.2, 0.25) is 0 Å². The monoisotopic (exact) mass is 377 g/mol. The first-order valence-corrected chi connectivity index (χ1v) is 9.18. The quantitative estimate of drug-likeness (QED) is 0.644. The second-order valence-electron chi connectivity index (χ2n) is 6.78. The number of hydrogen-bond donors (Lipinski definition) is 2. The zero-order chi connectivity index (χ0) is 20.1. The van der Waals surface area contributed by atoms with E-state index in [0.717, 1.165) is 16.3 Å². The van der Waals surface area contributed by atoms with Crippen molar-refractivity contribution in [1.82, 2.24) is 5.32 Å². The maximum absolute atomic E-state index is 12.3. The van der Waals surface area contributed by atoms with Crippen molar-refractivity contribution >= 4 is 22.6 Å². The van der Waals surface area contributed by atoms with Crippen LogP contribution in [0.4, 0.5) is 0 Å². The van der Waals surface area contributed by atoms with E-state index in [0.29, 0.717) is 11.3 Å². The van der Waals surface area contributed by atoms with Gasteiger partial charge in [0.25, 0.3) is 5.91 Å². The fraction of sp³-hybridized carbons (Fsp3) is 0.217. The lowest BCUT2D eigenvalue weighted by Gasteiger charge is -2.17. The zero-order valence-electron chi connectivity index (χ0n) is 15.9. The summed E-state index contributed by atoms with van der Waals surface area (Å²) in [6.07, 6.45) is 0. The highest BCUT2D eigenvalue weighted by atomic mass is 16.5. The fourth-order valence-corrected chi connectivity index (χ4v) is 3.15. The summed E-state index contributed by atoms with van der Waals surface area (Å²) in [4.78, 5) is 23.5. The summed E-state index contributed by atoms with van der Waals surface area (Å²) in [5, 5.41) is 14.3. The van der Waals surface area contributed by atoms with Crippen molar-refractivity contribution in [3.8, 4) is 5.75 Å². The van der Waals surface area contributed by atoms with Gasteiger partial charge < -0.3 is 15.2 Å². The number of hydrogen-bond acceptors (Lipinski definition) is 3. The molecule has 1 amide bonds. The van der Waals surface area contributed by atoms with E-state index in [1.807, 2.05) is 49.4 Å². The molecule has 0 aliphatic rings. The van der Waals surface area contributed by atoms with Gasteiger partial charge in [-0.25, -0.2) is 0 Å². The van der Waals surface area contributed by atoms with Crippen molar-refractivity contribution in [3.63, 3.8) is 0 Å². The number of ether oxygens (including phenoxy) is 1. The predicted octanol–water partition coefficient (Wildman–Crippen LogP) is 4.28. The molecule has 0 aliphatic carbocycles. The van der Waals surface area contributed by atoms with Crippen molar-refractivity contribution in [2.24, 2.45) is 0 Å². The van der Waals surface area contributed by atoms with Crippen LogP contribution in [0.3, 0.4) is 0 Å². The van der Waals surface area contributed by atoms with Crippen molar-refractivity contribution in [3.05, 3.63) is 77.9 Å². The molecule has 5 nitrogen and oxygen atoms in total. The summed E-state index contributed by atoms with van der Waals surface area (Å²) >= 11 is 0. The minimum absolute atomic E-state index is 0.139. The Kier molecular flexibility index (Phi) is 5.94. The molecular weight excluding hydrogens is 354 g/mol. The second-order valence-corrected chi connectivity index (χ2v) is 6.78. The molecule has 0 heterocycles. The number of carboxylic acid groups (broad SMARTS) is 1. The van der Waals surface area contributed by atoms with E-state index in [4.69, 9.17) is 9.84 Å². The highest BCUT2D eigenvalue weighted by Gasteiger charge is 2.15. The van der Waals surface area contributed by atoms with Gasteiger partial charge >= 0.3 is 5.97 Å². The van der Waals surface area contributed by atoms with E-state index >= 15 is 0 Å². The van der Waals surface area contributed by atoms with Gasteiger partial charge in [0.1, 0.15) is 5.75 Å². The Balaban J connectivity index is 1.63. The summed E-state index contributed by atoms with van der Waals surface area (Å²) < 4.78 is 5.56. The first-order valence-electron chi connectivity index (χ1n) is 9.18. The fourth-order valence-electron chi connectivity index (χ4n) is 3.15. The van der Waals surface area contributed by atoms with Crippen LogP contribution in [0, 0.1) is 0 Å². The highest BCUT2D eigenvalue weighted by Crippen LogP contribution is 2.24. The van der Waals surface area contributed by atoms with Gasteiger partial charge in [-0.3, -0.25) is 9.59 Å². The van der Waals surface area contributed by atoms with Crippen LogP contribution in [-0.2, 0) is 9.59 Å². The molecule has 0 radical (unpaired) electrons. The average molecular weight is 377 g/mol. The second kappa shape index (κ2) is 8.57. The molecule has 0 aromatic heterocycles. The third-order valence-corrected chi connectivity index (χ3v) is 4.77. The smallest absolute Gasteiger partial charge is 0.310 e. The number of rotatable bonds is 7. The number of fused-ring (bicyclic) bond motifs is 1. The Labute approximate surface area is 164 Å². The molecule has 28 heavy (non-hydrogen) atoms. The van der Waals surface area contributed by atoms with Crippen LogP contribution in [0.5, 0.6) is 5.75 Å². The van der Waals surface area contributed by atoms with Gasteiger partial charge in [0.05, 0.1) is 12.0 Å². The van der Waals surface area contributed by atoms with E-state index in [1.165, 1.54) is 0 Å². The molecule has 0 saturated heterocycles. The van der Waals surface area contributed by atoms with E-state index in [1.54, 1.807) is 31.2 Å². The number of nitrogens with one attached hydrogen (secondary N) is 1. The standard InChI is InChI=1S/C23H23NO4/c1-15(23(26)27)18-9-5-10-19(13-18)28-14-22(25)24-16(2)20-12-6-8-17-7-3-4-11-21(17)20/h3-13,15-16H,14H2,1-2H3,(H,24,25)(H,26,27)/t15-,16?/m0/s1. The summed E-state index contributed by atoms with van der Waals surface area (Å²) in [7, 11) is 0. The maximum Gasteiger partial charge on any atom is 0.310 e. The van der Waals surface area contributed by atoms with Crippen molar-refractivity contribution in [1.29, 1.82) is 0 Å². The lowest BCUT2D eigenvalue weighted by molar-refractivity contribution is -0.138. The van der Waals surface area contributed by atoms with E-state index in [-0.39, 0.29) is 18.6 Å². The lowest BCUT2D eigenvalue weighted by atomic mass is 10.00. The van der Waals surface area contributed by atoms with Crippen LogP contribution < -0.4 is 10.1 Å². The van der Waals surface area contributed by atoms with E-state index < -0.39 is 11.9 Å². The minimum atomic E-state index is -0.904. The molecule has 1 unspecified atom stereocenters. The molecule has 2 N–H and O–H groups in total. The average Bonchev–Trinajstić information content (AvgIpc) is 2.71. The van der Waals surface area contributed by atoms with Crippen LogP contribution in [0.2, 0.25) is 0 Å². The van der Waals surface area contributed by atoms with Crippen LogP contribution in [0.15, 0.2) is 66.7 Å². The first-order chi connectivity index (χ1) is 13.5. The third-order valence-electron chi connectivity index (χ3n) is 4.77. The molecule has 144 valence electrons. The van der Waals surface area contributed by atoms with Crippen LogP contribution >= 0.6 is 0 Å². The Morgan fingerprint density at radius 3 is 2.50 bits per heavy atom. The Morgan fingerprint density at radius 1 is 1.00 bits per heavy atom. The molecule has 0 fully saturated rings. The normalized spacial score (nSPS) is 12.9. The number of carbonyl (C=O) groups is 2. The molecule has 0 saturated carbocycles. The third kappa shape index (κ3) is 4.49. The minimum Gasteiger partial charge on any atom is -0.484 e. The molecule has 0 spiro atoms. The Morgan fingerprint density at radius 2 is 1.71 bits per heavy atom. The van der Waals surface area contributed by atoms with Crippen molar-refractivity contribution in [2.75, 3.05) is 6.61 Å². The first kappa shape index (κ1) is 19.4. The van der Waals surface area contributed by atoms with Gasteiger partial charge in [0, 0.05) is 0 Å².